The number of rotatable bonds is 9. The number of aromatic nitrogens is 2. The van der Waals surface area contributed by atoms with Crippen molar-refractivity contribution in [2.75, 3.05) is 36.7 Å². The van der Waals surface area contributed by atoms with Crippen molar-refractivity contribution in [3.05, 3.63) is 30.0 Å². The van der Waals surface area contributed by atoms with E-state index in [-0.39, 0.29) is 18.0 Å². The Bertz CT molecular complexity index is 1190. The fraction of sp³-hybridized carbons (Fsp3) is 0.655. The largest absolute Gasteiger partial charge is 0.488 e. The number of piperidine rings is 1. The van der Waals surface area contributed by atoms with Crippen LogP contribution in [-0.2, 0) is 16.4 Å². The molecule has 208 valence electrons. The van der Waals surface area contributed by atoms with E-state index in [1.165, 1.54) is 6.42 Å². The standard InChI is InChI=1S/C29H42N4O4S/c1-3-4-11-26-25(21-29(31-30-26)37-24-14-17-32(2)18-15-24)22-12-13-28(36-23-9-6-5-7-10-23)27(20-22)33-16-8-19-38(33,34)35/h12-13,20-21,23-24H,3-11,14-19H2,1-2H3. The summed E-state index contributed by atoms with van der Waals surface area (Å²) < 4.78 is 40.2. The van der Waals surface area contributed by atoms with Crippen LogP contribution in [0.5, 0.6) is 11.6 Å². The second-order valence-corrected chi connectivity index (χ2v) is 13.1. The highest BCUT2D eigenvalue weighted by Crippen LogP contribution is 2.40. The first-order valence-electron chi connectivity index (χ1n) is 14.5. The number of nitrogens with zero attached hydrogens (tertiary/aromatic N) is 4. The summed E-state index contributed by atoms with van der Waals surface area (Å²) in [5.74, 6) is 1.37. The number of aryl methyl sites for hydroxylation is 1. The average Bonchev–Trinajstić information content (AvgIpc) is 3.28. The Hall–Kier alpha value is -2.39. The van der Waals surface area contributed by atoms with Gasteiger partial charge in [-0.05, 0) is 82.5 Å². The molecule has 2 saturated heterocycles. The predicted molar refractivity (Wildman–Crippen MR) is 150 cm³/mol. The van der Waals surface area contributed by atoms with Crippen molar-refractivity contribution >= 4 is 15.7 Å². The molecule has 38 heavy (non-hydrogen) atoms. The molecule has 1 aromatic carbocycles. The number of anilines is 1. The van der Waals surface area contributed by atoms with Gasteiger partial charge >= 0.3 is 0 Å². The van der Waals surface area contributed by atoms with Gasteiger partial charge in [-0.3, -0.25) is 4.31 Å². The van der Waals surface area contributed by atoms with Gasteiger partial charge in [0.1, 0.15) is 11.9 Å². The Morgan fingerprint density at radius 1 is 0.921 bits per heavy atom. The van der Waals surface area contributed by atoms with Crippen LogP contribution in [0.3, 0.4) is 0 Å². The summed E-state index contributed by atoms with van der Waals surface area (Å²) in [6, 6.07) is 7.97. The second kappa shape index (κ2) is 12.2. The van der Waals surface area contributed by atoms with Crippen LogP contribution in [0, 0.1) is 0 Å². The van der Waals surface area contributed by atoms with Gasteiger partial charge in [-0.1, -0.05) is 25.8 Å². The molecule has 3 aliphatic rings. The van der Waals surface area contributed by atoms with Crippen LogP contribution in [0.25, 0.3) is 11.1 Å². The third-order valence-corrected chi connectivity index (χ3v) is 9.91. The molecule has 0 atom stereocenters. The molecule has 0 spiro atoms. The fourth-order valence-electron chi connectivity index (χ4n) is 5.76. The third kappa shape index (κ3) is 6.42. The summed E-state index contributed by atoms with van der Waals surface area (Å²) in [6.07, 6.45) is 11.3. The summed E-state index contributed by atoms with van der Waals surface area (Å²) in [6.45, 7) is 4.66. The Labute approximate surface area is 227 Å². The molecule has 3 fully saturated rings. The zero-order chi connectivity index (χ0) is 26.5. The van der Waals surface area contributed by atoms with Crippen LogP contribution in [0.2, 0.25) is 0 Å². The van der Waals surface area contributed by atoms with Crippen molar-refractivity contribution in [2.24, 2.45) is 0 Å². The van der Waals surface area contributed by atoms with Gasteiger partial charge in [0.15, 0.2) is 0 Å². The monoisotopic (exact) mass is 542 g/mol. The van der Waals surface area contributed by atoms with E-state index in [0.717, 1.165) is 87.7 Å². The molecule has 1 saturated carbocycles. The second-order valence-electron chi connectivity index (χ2n) is 11.1. The molecule has 0 unspecified atom stereocenters. The van der Waals surface area contributed by atoms with Gasteiger partial charge in [-0.15, -0.1) is 5.10 Å². The lowest BCUT2D eigenvalue weighted by Crippen LogP contribution is -2.35. The van der Waals surface area contributed by atoms with Crippen molar-refractivity contribution < 1.29 is 17.9 Å². The van der Waals surface area contributed by atoms with Crippen molar-refractivity contribution in [2.45, 2.75) is 89.8 Å². The number of sulfonamides is 1. The van der Waals surface area contributed by atoms with Crippen molar-refractivity contribution in [1.29, 1.82) is 0 Å². The molecule has 3 heterocycles. The minimum Gasteiger partial charge on any atom is -0.488 e. The van der Waals surface area contributed by atoms with E-state index < -0.39 is 10.0 Å². The lowest BCUT2D eigenvalue weighted by molar-refractivity contribution is 0.109. The fourth-order valence-corrected chi connectivity index (χ4v) is 7.33. The van der Waals surface area contributed by atoms with Crippen LogP contribution in [0.1, 0.15) is 76.8 Å². The topological polar surface area (TPSA) is 84.9 Å². The first-order valence-corrected chi connectivity index (χ1v) is 16.1. The van der Waals surface area contributed by atoms with Gasteiger partial charge in [0.05, 0.1) is 23.2 Å². The minimum atomic E-state index is -3.36. The van der Waals surface area contributed by atoms with Crippen LogP contribution in [0.15, 0.2) is 24.3 Å². The van der Waals surface area contributed by atoms with E-state index in [9.17, 15) is 8.42 Å². The Morgan fingerprint density at radius 2 is 1.68 bits per heavy atom. The highest BCUT2D eigenvalue weighted by molar-refractivity contribution is 7.93. The molecule has 0 N–H and O–H groups in total. The van der Waals surface area contributed by atoms with Gasteiger partial charge in [-0.25, -0.2) is 8.42 Å². The van der Waals surface area contributed by atoms with E-state index in [1.807, 2.05) is 24.3 Å². The van der Waals surface area contributed by atoms with E-state index in [1.54, 1.807) is 4.31 Å². The van der Waals surface area contributed by atoms with E-state index in [4.69, 9.17) is 9.47 Å². The molecule has 1 aromatic heterocycles. The van der Waals surface area contributed by atoms with Crippen molar-refractivity contribution in [3.8, 4) is 22.8 Å². The van der Waals surface area contributed by atoms with Gasteiger partial charge in [0.2, 0.25) is 15.9 Å². The number of unbranched alkanes of at least 4 members (excludes halogenated alkanes) is 1. The number of hydrogen-bond acceptors (Lipinski definition) is 7. The summed E-state index contributed by atoms with van der Waals surface area (Å²) in [4.78, 5) is 2.32. The van der Waals surface area contributed by atoms with Gasteiger partial charge in [-0.2, -0.15) is 5.10 Å². The molecule has 0 radical (unpaired) electrons. The molecule has 1 aliphatic carbocycles. The Morgan fingerprint density at radius 3 is 2.39 bits per heavy atom. The van der Waals surface area contributed by atoms with E-state index in [2.05, 4.69) is 29.1 Å². The highest BCUT2D eigenvalue weighted by Gasteiger charge is 2.32. The number of ether oxygens (including phenoxy) is 2. The first kappa shape index (κ1) is 27.2. The summed E-state index contributed by atoms with van der Waals surface area (Å²) in [7, 11) is -1.23. The zero-order valence-corrected chi connectivity index (χ0v) is 23.7. The van der Waals surface area contributed by atoms with Crippen molar-refractivity contribution in [3.63, 3.8) is 0 Å². The summed E-state index contributed by atoms with van der Waals surface area (Å²) >= 11 is 0. The average molecular weight is 543 g/mol. The summed E-state index contributed by atoms with van der Waals surface area (Å²) in [5.41, 5.74) is 3.44. The quantitative estimate of drug-likeness (QED) is 0.430. The minimum absolute atomic E-state index is 0.131. The maximum Gasteiger partial charge on any atom is 0.235 e. The predicted octanol–water partition coefficient (Wildman–Crippen LogP) is 5.21. The molecule has 2 aromatic rings. The number of hydrogen-bond donors (Lipinski definition) is 0. The number of likely N-dealkylation sites (tertiary alicyclic amines) is 1. The van der Waals surface area contributed by atoms with E-state index in [0.29, 0.717) is 30.3 Å². The van der Waals surface area contributed by atoms with Crippen LogP contribution in [-0.4, -0.2) is 68.2 Å². The normalized spacial score (nSPS) is 21.1. The molecule has 5 rings (SSSR count). The molecule has 9 heteroatoms. The molecular formula is C29H42N4O4S. The highest BCUT2D eigenvalue weighted by atomic mass is 32.2. The SMILES string of the molecule is CCCCc1nnc(OC2CCN(C)CC2)cc1-c1ccc(OC2CCCCC2)c(N2CCCS2(=O)=O)c1. The maximum atomic E-state index is 13.0. The van der Waals surface area contributed by atoms with Crippen molar-refractivity contribution in [1.82, 2.24) is 15.1 Å². The smallest absolute Gasteiger partial charge is 0.235 e. The number of benzene rings is 1. The van der Waals surface area contributed by atoms with Crippen LogP contribution in [0.4, 0.5) is 5.69 Å². The molecular weight excluding hydrogens is 500 g/mol. The third-order valence-electron chi connectivity index (χ3n) is 8.05. The summed E-state index contributed by atoms with van der Waals surface area (Å²) in [5, 5.41) is 9.03. The van der Waals surface area contributed by atoms with Gasteiger partial charge in [0.25, 0.3) is 0 Å². The Balaban J connectivity index is 1.50. The van der Waals surface area contributed by atoms with Crippen LogP contribution >= 0.6 is 0 Å². The van der Waals surface area contributed by atoms with Crippen LogP contribution < -0.4 is 13.8 Å². The lowest BCUT2D eigenvalue weighted by atomic mass is 9.97. The molecule has 0 bridgehead atoms. The first-order chi connectivity index (χ1) is 18.4. The Kier molecular flexibility index (Phi) is 8.73. The zero-order valence-electron chi connectivity index (χ0n) is 22.9. The van der Waals surface area contributed by atoms with Gasteiger partial charge < -0.3 is 14.4 Å². The molecule has 8 nitrogen and oxygen atoms in total. The lowest BCUT2D eigenvalue weighted by Gasteiger charge is -2.29. The van der Waals surface area contributed by atoms with Gasteiger partial charge in [0, 0.05) is 31.3 Å². The molecule has 0 amide bonds. The maximum absolute atomic E-state index is 13.0. The van der Waals surface area contributed by atoms with E-state index >= 15 is 0 Å². The molecule has 2 aliphatic heterocycles.